The van der Waals surface area contributed by atoms with Crippen LogP contribution in [0.2, 0.25) is 0 Å². The van der Waals surface area contributed by atoms with Crippen LogP contribution in [0.5, 0.6) is 0 Å². The zero-order valence-electron chi connectivity index (χ0n) is 24.2. The molecule has 1 N–H and O–H groups in total. The topological polar surface area (TPSA) is 61.8 Å². The maximum Gasteiger partial charge on any atom is 0.278 e. The van der Waals surface area contributed by atoms with Gasteiger partial charge in [-0.2, -0.15) is 4.99 Å². The van der Waals surface area contributed by atoms with Crippen LogP contribution >= 0.6 is 0 Å². The van der Waals surface area contributed by atoms with Crippen molar-refractivity contribution >= 4 is 23.3 Å². The van der Waals surface area contributed by atoms with Gasteiger partial charge in [-0.25, -0.2) is 4.39 Å². The maximum absolute atomic E-state index is 13.4. The van der Waals surface area contributed by atoms with E-state index in [2.05, 4.69) is 54.2 Å². The molecule has 2 aliphatic rings. The highest BCUT2D eigenvalue weighted by atomic mass is 19.1. The number of quaternary nitrogens is 1. The second-order valence-electron chi connectivity index (χ2n) is 11.5. The Morgan fingerprint density at radius 2 is 1.64 bits per heavy atom. The van der Waals surface area contributed by atoms with Gasteiger partial charge in [-0.1, -0.05) is 12.1 Å². The van der Waals surface area contributed by atoms with Crippen LogP contribution in [-0.2, 0) is 17.8 Å². The van der Waals surface area contributed by atoms with E-state index >= 15 is 0 Å². The first kappa shape index (κ1) is 28.9. The third-order valence-electron chi connectivity index (χ3n) is 8.75. The van der Waals surface area contributed by atoms with E-state index < -0.39 is 0 Å². The Labute approximate surface area is 232 Å². The van der Waals surface area contributed by atoms with Crippen molar-refractivity contribution in [2.75, 3.05) is 24.5 Å². The molecule has 2 amide bonds. The first-order valence-electron chi connectivity index (χ1n) is 14.6. The molecule has 0 bridgehead atoms. The molecule has 0 saturated heterocycles. The largest absolute Gasteiger partial charge is 0.354 e. The number of fused-ring (bicyclic) bond motifs is 1. The van der Waals surface area contributed by atoms with E-state index in [-0.39, 0.29) is 35.6 Å². The molecule has 1 aliphatic carbocycles. The molecule has 1 aliphatic heterocycles. The molecule has 0 spiro atoms. The van der Waals surface area contributed by atoms with Crippen molar-refractivity contribution in [2.45, 2.75) is 85.4 Å². The Balaban J connectivity index is 1.64. The summed E-state index contributed by atoms with van der Waals surface area (Å²) in [5.74, 6) is 0.177. The minimum Gasteiger partial charge on any atom is -0.354 e. The number of aliphatic imine (C=N–C) groups is 1. The molecule has 7 heteroatoms. The molecule has 0 atom stereocenters. The van der Waals surface area contributed by atoms with Gasteiger partial charge in [0.05, 0.1) is 19.6 Å². The average molecular weight is 536 g/mol. The van der Waals surface area contributed by atoms with Gasteiger partial charge in [0.2, 0.25) is 5.91 Å². The lowest BCUT2D eigenvalue weighted by atomic mass is 9.84. The van der Waals surface area contributed by atoms with Crippen LogP contribution in [0.25, 0.3) is 0 Å². The maximum atomic E-state index is 13.4. The van der Waals surface area contributed by atoms with E-state index in [0.717, 1.165) is 67.9 Å². The third-order valence-corrected chi connectivity index (χ3v) is 8.75. The SMILES string of the molecule is CC[N+](CC)(CC)Cc1ccc2c(c1)N(C1CCC(C(=O)NC(C)C)CC1)C(=NC(=O)c1ccc(F)cc1)C2. The van der Waals surface area contributed by atoms with Crippen molar-refractivity contribution in [3.63, 3.8) is 0 Å². The molecule has 1 saturated carbocycles. The highest BCUT2D eigenvalue weighted by Crippen LogP contribution is 2.38. The molecule has 2 aromatic rings. The number of nitrogens with zero attached hydrogens (tertiary/aromatic N) is 3. The molecule has 1 heterocycles. The van der Waals surface area contributed by atoms with E-state index in [0.29, 0.717) is 12.0 Å². The molecule has 0 unspecified atom stereocenters. The van der Waals surface area contributed by atoms with Crippen molar-refractivity contribution in [2.24, 2.45) is 10.9 Å². The number of benzene rings is 2. The number of carbonyl (C=O) groups is 2. The Bertz CT molecular complexity index is 1190. The van der Waals surface area contributed by atoms with Gasteiger partial charge in [0.1, 0.15) is 18.2 Å². The summed E-state index contributed by atoms with van der Waals surface area (Å²) in [6.45, 7) is 15.0. The molecule has 6 nitrogen and oxygen atoms in total. The predicted molar refractivity (Wildman–Crippen MR) is 155 cm³/mol. The van der Waals surface area contributed by atoms with Crippen LogP contribution in [0.1, 0.15) is 81.8 Å². The minimum absolute atomic E-state index is 0.0230. The average Bonchev–Trinajstić information content (AvgIpc) is 3.28. The molecule has 39 heavy (non-hydrogen) atoms. The number of halogens is 1. The highest BCUT2D eigenvalue weighted by molar-refractivity contribution is 6.12. The Hall–Kier alpha value is -3.06. The van der Waals surface area contributed by atoms with E-state index in [4.69, 9.17) is 0 Å². The van der Waals surface area contributed by atoms with Crippen molar-refractivity contribution < 1.29 is 18.5 Å². The fraction of sp³-hybridized carbons (Fsp3) is 0.531. The molecule has 1 fully saturated rings. The van der Waals surface area contributed by atoms with Gasteiger partial charge in [-0.05, 0) is 96.2 Å². The van der Waals surface area contributed by atoms with Crippen molar-refractivity contribution in [1.29, 1.82) is 0 Å². The number of carbonyl (C=O) groups excluding carboxylic acids is 2. The second kappa shape index (κ2) is 12.4. The summed E-state index contributed by atoms with van der Waals surface area (Å²) >= 11 is 0. The summed E-state index contributed by atoms with van der Waals surface area (Å²) in [5, 5.41) is 3.07. The first-order chi connectivity index (χ1) is 18.7. The van der Waals surface area contributed by atoms with Crippen molar-refractivity contribution in [3.8, 4) is 0 Å². The molecule has 210 valence electrons. The lowest BCUT2D eigenvalue weighted by Crippen LogP contribution is -2.46. The normalized spacial score (nSPS) is 20.4. The van der Waals surface area contributed by atoms with Crippen LogP contribution in [0, 0.1) is 11.7 Å². The minimum atomic E-state index is -0.374. The van der Waals surface area contributed by atoms with E-state index in [1.165, 1.54) is 35.4 Å². The number of amides is 2. The summed E-state index contributed by atoms with van der Waals surface area (Å²) in [5.41, 5.74) is 3.98. The molecule has 4 rings (SSSR count). The van der Waals surface area contributed by atoms with Crippen molar-refractivity contribution in [1.82, 2.24) is 5.32 Å². The van der Waals surface area contributed by atoms with Gasteiger partial charge >= 0.3 is 0 Å². The van der Waals surface area contributed by atoms with Crippen LogP contribution in [-0.4, -0.2) is 53.9 Å². The van der Waals surface area contributed by atoms with Gasteiger partial charge in [0, 0.05) is 41.2 Å². The highest BCUT2D eigenvalue weighted by Gasteiger charge is 2.36. The van der Waals surface area contributed by atoms with Gasteiger partial charge in [-0.3, -0.25) is 9.59 Å². The molecular formula is C32H44FN4O2+. The molecule has 0 aromatic heterocycles. The van der Waals surface area contributed by atoms with E-state index in [1.807, 2.05) is 13.8 Å². The third kappa shape index (κ3) is 6.57. The lowest BCUT2D eigenvalue weighted by Gasteiger charge is -2.37. The number of hydrogen-bond donors (Lipinski definition) is 1. The van der Waals surface area contributed by atoms with Crippen molar-refractivity contribution in [3.05, 3.63) is 65.0 Å². The standard InChI is InChI=1S/C32H43FN4O2/c1-6-37(7-2,8-3)21-23-9-10-26-20-30(35-32(39)24-11-15-27(33)16-12-24)36(29(26)19-23)28-17-13-25(14-18-28)31(38)34-22(4)5/h9-12,15-16,19,22,25,28H,6-8,13-14,17-18,20-21H2,1-5H3/p+1. The molecular weight excluding hydrogens is 491 g/mol. The van der Waals surface area contributed by atoms with Gasteiger partial charge in [0.25, 0.3) is 5.91 Å². The fourth-order valence-corrected chi connectivity index (χ4v) is 6.14. The Morgan fingerprint density at radius 3 is 2.23 bits per heavy atom. The number of rotatable bonds is 9. The van der Waals surface area contributed by atoms with Gasteiger partial charge in [-0.15, -0.1) is 0 Å². The predicted octanol–water partition coefficient (Wildman–Crippen LogP) is 5.89. The summed E-state index contributed by atoms with van der Waals surface area (Å²) < 4.78 is 14.5. The van der Waals surface area contributed by atoms with E-state index in [9.17, 15) is 14.0 Å². The first-order valence-corrected chi connectivity index (χ1v) is 14.6. The molecule has 0 radical (unpaired) electrons. The van der Waals surface area contributed by atoms with Crippen LogP contribution in [0.4, 0.5) is 10.1 Å². The zero-order chi connectivity index (χ0) is 28.2. The lowest BCUT2D eigenvalue weighted by molar-refractivity contribution is -0.936. The van der Waals surface area contributed by atoms with Gasteiger partial charge in [0.15, 0.2) is 0 Å². The van der Waals surface area contributed by atoms with Crippen LogP contribution < -0.4 is 10.2 Å². The van der Waals surface area contributed by atoms with E-state index in [1.54, 1.807) is 0 Å². The van der Waals surface area contributed by atoms with Crippen LogP contribution in [0.3, 0.4) is 0 Å². The number of amidine groups is 1. The quantitative estimate of drug-likeness (QED) is 0.408. The van der Waals surface area contributed by atoms with Gasteiger partial charge < -0.3 is 14.7 Å². The fourth-order valence-electron chi connectivity index (χ4n) is 6.14. The number of hydrogen-bond acceptors (Lipinski definition) is 2. The zero-order valence-corrected chi connectivity index (χ0v) is 24.2. The molecule has 2 aromatic carbocycles. The summed E-state index contributed by atoms with van der Waals surface area (Å²) in [7, 11) is 0. The summed E-state index contributed by atoms with van der Waals surface area (Å²) in [6.07, 6.45) is 3.95. The number of anilines is 1. The monoisotopic (exact) mass is 535 g/mol. The number of nitrogens with one attached hydrogen (secondary N) is 1. The smallest absolute Gasteiger partial charge is 0.278 e. The second-order valence-corrected chi connectivity index (χ2v) is 11.5. The summed E-state index contributed by atoms with van der Waals surface area (Å²) in [4.78, 5) is 32.6. The van der Waals surface area contributed by atoms with Crippen LogP contribution in [0.15, 0.2) is 47.5 Å². The summed E-state index contributed by atoms with van der Waals surface area (Å²) in [6, 6.07) is 12.6. The Morgan fingerprint density at radius 1 is 1.00 bits per heavy atom. The Kier molecular flexibility index (Phi) is 9.21.